The molecule has 0 fully saturated rings. The van der Waals surface area contributed by atoms with Gasteiger partial charge in [-0.15, -0.1) is 6.08 Å². The Kier molecular flexibility index (Phi) is 4.87. The fourth-order valence-electron chi connectivity index (χ4n) is 2.61. The number of ether oxygens (including phenoxy) is 1. The zero-order chi connectivity index (χ0) is 12.4. The van der Waals surface area contributed by atoms with Crippen molar-refractivity contribution in [3.05, 3.63) is 71.9 Å². The minimum Gasteiger partial charge on any atom is -0.489 e. The molecule has 0 atom stereocenters. The second-order valence-corrected chi connectivity index (χ2v) is 4.62. The maximum atomic E-state index is 5.94. The van der Waals surface area contributed by atoms with Crippen LogP contribution in [-0.4, -0.2) is 0 Å². The summed E-state index contributed by atoms with van der Waals surface area (Å²) in [5, 5.41) is 0. The molecule has 0 aromatic heterocycles. The van der Waals surface area contributed by atoms with Gasteiger partial charge in [-0.2, -0.15) is 6.42 Å². The summed E-state index contributed by atoms with van der Waals surface area (Å²) in [4.78, 5) is 0. The monoisotopic (exact) mass is 434 g/mol. The average molecular weight is 434 g/mol. The fourth-order valence-corrected chi connectivity index (χ4v) is 2.61. The summed E-state index contributed by atoms with van der Waals surface area (Å²) < 4.78 is 5.94. The van der Waals surface area contributed by atoms with Crippen molar-refractivity contribution in [2.75, 3.05) is 0 Å². The van der Waals surface area contributed by atoms with Crippen LogP contribution in [0.4, 0.5) is 0 Å². The van der Waals surface area contributed by atoms with Crippen molar-refractivity contribution in [3.8, 4) is 0 Å². The Hall–Kier alpha value is -1.02. The molecule has 0 unspecified atom stereocenters. The summed E-state index contributed by atoms with van der Waals surface area (Å²) in [5.41, 5.74) is 5.07. The molecule has 1 nitrogen and oxygen atoms in total. The minimum atomic E-state index is 0. The second kappa shape index (κ2) is 6.42. The van der Waals surface area contributed by atoms with E-state index in [9.17, 15) is 0 Å². The molecule has 0 N–H and O–H groups in total. The number of hydrogen-bond acceptors (Lipinski definition) is 1. The fraction of sp³-hybridized carbons (Fsp3) is 0.235. The van der Waals surface area contributed by atoms with Gasteiger partial charge in [-0.25, -0.2) is 0 Å². The third kappa shape index (κ3) is 2.79. The molecule has 1 aliphatic carbocycles. The first-order chi connectivity index (χ1) is 8.90. The zero-order valence-corrected chi connectivity index (χ0v) is 13.0. The molecular weight excluding hydrogens is 417 g/mol. The Bertz CT molecular complexity index is 552. The van der Waals surface area contributed by atoms with Crippen molar-refractivity contribution in [1.82, 2.24) is 0 Å². The molecule has 2 aliphatic rings. The summed E-state index contributed by atoms with van der Waals surface area (Å²) in [5.74, 6) is 1.04. The van der Waals surface area contributed by atoms with Gasteiger partial charge in [0.25, 0.3) is 0 Å². The van der Waals surface area contributed by atoms with Crippen LogP contribution in [0.15, 0.2) is 53.8 Å². The number of fused-ring (bicyclic) bond motifs is 2. The van der Waals surface area contributed by atoms with E-state index < -0.39 is 0 Å². The van der Waals surface area contributed by atoms with Gasteiger partial charge in [0.2, 0.25) is 0 Å². The van der Waals surface area contributed by atoms with E-state index in [0.29, 0.717) is 6.61 Å². The molecule has 102 valence electrons. The largest absolute Gasteiger partial charge is 1.00 e. The van der Waals surface area contributed by atoms with Crippen LogP contribution in [0.5, 0.6) is 0 Å². The predicted molar refractivity (Wildman–Crippen MR) is 74.6 cm³/mol. The van der Waals surface area contributed by atoms with Crippen molar-refractivity contribution in [2.24, 2.45) is 0 Å². The molecule has 0 amide bonds. The van der Waals surface area contributed by atoms with E-state index in [1.807, 2.05) is 0 Å². The molecule has 1 aliphatic heterocycles. The van der Waals surface area contributed by atoms with E-state index in [4.69, 9.17) is 4.74 Å². The van der Waals surface area contributed by atoms with E-state index in [0.717, 1.165) is 25.0 Å². The van der Waals surface area contributed by atoms with Crippen LogP contribution < -0.4 is 0 Å². The summed E-state index contributed by atoms with van der Waals surface area (Å²) >= 11 is 0. The molecule has 0 spiro atoms. The third-order valence-electron chi connectivity index (χ3n) is 3.44. The van der Waals surface area contributed by atoms with Crippen LogP contribution in [0.2, 0.25) is 0 Å². The van der Waals surface area contributed by atoms with Crippen LogP contribution >= 0.6 is 0 Å². The van der Waals surface area contributed by atoms with Crippen LogP contribution in [0.3, 0.4) is 0 Å². The molecule has 0 saturated carbocycles. The van der Waals surface area contributed by atoms with Crippen LogP contribution in [0, 0.1) is 6.92 Å². The molecule has 1 aromatic rings. The Balaban J connectivity index is 0.00000133. The Morgan fingerprint density at radius 2 is 1.95 bits per heavy atom. The van der Waals surface area contributed by atoms with E-state index in [1.54, 1.807) is 0 Å². The molecule has 19 heavy (non-hydrogen) atoms. The molecule has 1 aromatic carbocycles. The molecule has 0 radical (unpaired) electrons. The SMILES string of the molecule is [Au+].[CH2-]C/C=C1\C2=CCCC=C2OCc2ccccc21. The normalized spacial score (nSPS) is 19.1. The molecule has 2 heteroatoms. The van der Waals surface area contributed by atoms with E-state index in [2.05, 4.69) is 49.4 Å². The summed E-state index contributed by atoms with van der Waals surface area (Å²) in [6.07, 6.45) is 9.68. The third-order valence-corrected chi connectivity index (χ3v) is 3.44. The second-order valence-electron chi connectivity index (χ2n) is 4.62. The summed E-state index contributed by atoms with van der Waals surface area (Å²) in [6, 6.07) is 8.49. The van der Waals surface area contributed by atoms with Crippen molar-refractivity contribution < 1.29 is 27.1 Å². The molecular formula is C17H17AuO. The predicted octanol–water partition coefficient (Wildman–Crippen LogP) is 4.43. The van der Waals surface area contributed by atoms with Crippen molar-refractivity contribution in [2.45, 2.75) is 25.9 Å². The molecule has 0 saturated heterocycles. The molecule has 0 bridgehead atoms. The minimum absolute atomic E-state index is 0. The summed E-state index contributed by atoms with van der Waals surface area (Å²) in [6.45, 7) is 4.62. The standard InChI is InChI=1S/C17H17O.Au/c1-2-7-15-14-9-4-3-8-13(14)12-18-17-11-6-5-10-16(15)17;/h3-4,7-11H,1-2,5-6,12H2;/q-1;+1/b15-7-;. The van der Waals surface area contributed by atoms with Gasteiger partial charge < -0.3 is 11.7 Å². The molecule has 1 heterocycles. The van der Waals surface area contributed by atoms with Crippen molar-refractivity contribution in [3.63, 3.8) is 0 Å². The first-order valence-electron chi connectivity index (χ1n) is 6.51. The van der Waals surface area contributed by atoms with Gasteiger partial charge in [-0.1, -0.05) is 30.3 Å². The number of rotatable bonds is 1. The smallest absolute Gasteiger partial charge is 0.489 e. The van der Waals surface area contributed by atoms with Crippen molar-refractivity contribution in [1.29, 1.82) is 0 Å². The van der Waals surface area contributed by atoms with Crippen molar-refractivity contribution >= 4 is 5.57 Å². The van der Waals surface area contributed by atoms with Crippen LogP contribution in [-0.2, 0) is 33.7 Å². The first kappa shape index (κ1) is 14.4. The zero-order valence-electron chi connectivity index (χ0n) is 10.8. The first-order valence-corrected chi connectivity index (χ1v) is 6.51. The Labute approximate surface area is 130 Å². The van der Waals surface area contributed by atoms with Crippen LogP contribution in [0.1, 0.15) is 30.4 Å². The Morgan fingerprint density at radius 1 is 1.16 bits per heavy atom. The van der Waals surface area contributed by atoms with Gasteiger partial charge in [-0.05, 0) is 35.6 Å². The van der Waals surface area contributed by atoms with Gasteiger partial charge >= 0.3 is 22.4 Å². The van der Waals surface area contributed by atoms with Gasteiger partial charge in [0.05, 0.1) is 0 Å². The van der Waals surface area contributed by atoms with E-state index in [-0.39, 0.29) is 22.4 Å². The number of benzene rings is 1. The van der Waals surface area contributed by atoms with Crippen LogP contribution in [0.25, 0.3) is 5.57 Å². The van der Waals surface area contributed by atoms with E-state index in [1.165, 1.54) is 22.3 Å². The number of allylic oxidation sites excluding steroid dienone is 4. The van der Waals surface area contributed by atoms with Gasteiger partial charge in [0, 0.05) is 5.57 Å². The summed E-state index contributed by atoms with van der Waals surface area (Å²) in [7, 11) is 0. The maximum Gasteiger partial charge on any atom is 1.00 e. The molecule has 3 rings (SSSR count). The topological polar surface area (TPSA) is 9.23 Å². The quantitative estimate of drug-likeness (QED) is 0.470. The number of hydrogen-bond donors (Lipinski definition) is 0. The maximum absolute atomic E-state index is 5.94. The van der Waals surface area contributed by atoms with Gasteiger partial charge in [0.15, 0.2) is 0 Å². The van der Waals surface area contributed by atoms with Gasteiger partial charge in [0.1, 0.15) is 12.4 Å². The average Bonchev–Trinajstić information content (AvgIpc) is 2.58. The van der Waals surface area contributed by atoms with Gasteiger partial charge in [-0.3, -0.25) is 0 Å². The Morgan fingerprint density at radius 3 is 2.79 bits per heavy atom. The van der Waals surface area contributed by atoms with E-state index >= 15 is 0 Å².